The zero-order valence-corrected chi connectivity index (χ0v) is 15.5. The van der Waals surface area contributed by atoms with Crippen LogP contribution in [0, 0.1) is 0 Å². The number of H-pyrrole nitrogens is 1. The van der Waals surface area contributed by atoms with Crippen LogP contribution in [-0.2, 0) is 12.0 Å². The third-order valence-corrected chi connectivity index (χ3v) is 5.03. The van der Waals surface area contributed by atoms with Gasteiger partial charge in [0.25, 0.3) is 5.56 Å². The molecular weight excluding hydrogens is 322 g/mol. The molecule has 3 rings (SSSR count). The number of thiophene rings is 1. The largest absolute Gasteiger partial charge is 0.342 e. The molecule has 1 atom stereocenters. The Morgan fingerprint density at radius 3 is 2.79 bits per heavy atom. The monoisotopic (exact) mass is 345 g/mol. The van der Waals surface area contributed by atoms with E-state index < -0.39 is 0 Å². The fourth-order valence-corrected chi connectivity index (χ4v) is 3.46. The summed E-state index contributed by atoms with van der Waals surface area (Å²) in [5, 5.41) is 6.95. The molecule has 1 unspecified atom stereocenters. The van der Waals surface area contributed by atoms with Gasteiger partial charge in [-0.05, 0) is 39.1 Å². The first-order chi connectivity index (χ1) is 11.3. The van der Waals surface area contributed by atoms with Crippen molar-refractivity contribution < 1.29 is 0 Å². The summed E-state index contributed by atoms with van der Waals surface area (Å²) in [6.45, 7) is 8.27. The summed E-state index contributed by atoms with van der Waals surface area (Å²) in [5.41, 5.74) is 0.234. The van der Waals surface area contributed by atoms with Crippen LogP contribution in [0.15, 0.2) is 28.5 Å². The van der Waals surface area contributed by atoms with E-state index in [1.807, 2.05) is 32.7 Å². The van der Waals surface area contributed by atoms with Gasteiger partial charge in [0.15, 0.2) is 5.65 Å². The normalized spacial score (nSPS) is 13.4. The molecule has 0 fully saturated rings. The second-order valence-corrected chi connectivity index (χ2v) is 8.13. The molecule has 0 bridgehead atoms. The minimum Gasteiger partial charge on any atom is -0.342 e. The van der Waals surface area contributed by atoms with Gasteiger partial charge >= 0.3 is 0 Å². The van der Waals surface area contributed by atoms with Crippen LogP contribution in [0.1, 0.15) is 32.6 Å². The second-order valence-electron chi connectivity index (χ2n) is 7.10. The smallest absolute Gasteiger partial charge is 0.263 e. The van der Waals surface area contributed by atoms with Gasteiger partial charge in [-0.2, -0.15) is 10.1 Å². The summed E-state index contributed by atoms with van der Waals surface area (Å²) in [6.07, 6.45) is 2.50. The lowest BCUT2D eigenvalue weighted by Crippen LogP contribution is -2.33. The zero-order chi connectivity index (χ0) is 17.5. The third kappa shape index (κ3) is 3.08. The van der Waals surface area contributed by atoms with Crippen LogP contribution in [-0.4, -0.2) is 32.8 Å². The van der Waals surface area contributed by atoms with Crippen LogP contribution in [0.2, 0.25) is 0 Å². The second kappa shape index (κ2) is 6.05. The highest BCUT2D eigenvalue weighted by molar-refractivity contribution is 7.09. The van der Waals surface area contributed by atoms with Crippen molar-refractivity contribution in [2.24, 2.45) is 0 Å². The molecule has 24 heavy (non-hydrogen) atoms. The van der Waals surface area contributed by atoms with Gasteiger partial charge in [-0.15, -0.1) is 11.3 Å². The Balaban J connectivity index is 1.98. The Kier molecular flexibility index (Phi) is 4.21. The molecule has 3 heterocycles. The van der Waals surface area contributed by atoms with E-state index in [1.165, 1.54) is 4.88 Å². The zero-order valence-electron chi connectivity index (χ0n) is 14.7. The van der Waals surface area contributed by atoms with E-state index in [9.17, 15) is 4.79 Å². The number of rotatable bonds is 4. The topological polar surface area (TPSA) is 66.8 Å². The third-order valence-electron chi connectivity index (χ3n) is 4.13. The number of aromatic amines is 1. The predicted octanol–water partition coefficient (Wildman–Crippen LogP) is 3.00. The molecule has 6 nitrogen and oxygen atoms in total. The van der Waals surface area contributed by atoms with E-state index in [4.69, 9.17) is 0 Å². The molecule has 0 saturated carbocycles. The highest BCUT2D eigenvalue weighted by Gasteiger charge is 2.21. The summed E-state index contributed by atoms with van der Waals surface area (Å²) in [5.74, 6) is 0.572. The quantitative estimate of drug-likeness (QED) is 0.789. The average molecular weight is 345 g/mol. The van der Waals surface area contributed by atoms with Gasteiger partial charge in [-0.1, -0.05) is 6.07 Å². The van der Waals surface area contributed by atoms with E-state index in [1.54, 1.807) is 22.2 Å². The number of anilines is 1. The summed E-state index contributed by atoms with van der Waals surface area (Å²) < 4.78 is 1.80. The number of aromatic nitrogens is 4. The number of nitrogens with zero attached hydrogens (tertiary/aromatic N) is 4. The highest BCUT2D eigenvalue weighted by atomic mass is 32.1. The molecular formula is C17H23N5OS. The van der Waals surface area contributed by atoms with Crippen LogP contribution in [0.4, 0.5) is 5.95 Å². The van der Waals surface area contributed by atoms with Gasteiger partial charge in [-0.3, -0.25) is 9.78 Å². The Bertz CT molecular complexity index is 888. The molecule has 0 aromatic carbocycles. The molecule has 0 aliphatic carbocycles. The van der Waals surface area contributed by atoms with Crippen LogP contribution >= 0.6 is 11.3 Å². The van der Waals surface area contributed by atoms with E-state index in [-0.39, 0.29) is 17.1 Å². The lowest BCUT2D eigenvalue weighted by molar-refractivity contribution is 0.366. The van der Waals surface area contributed by atoms with Crippen molar-refractivity contribution in [3.8, 4) is 0 Å². The Hall–Kier alpha value is -2.15. The molecule has 7 heteroatoms. The fraction of sp³-hybridized carbons (Fsp3) is 0.471. The van der Waals surface area contributed by atoms with Gasteiger partial charge < -0.3 is 4.90 Å². The summed E-state index contributed by atoms with van der Waals surface area (Å²) in [6, 6.07) is 4.40. The first-order valence-corrected chi connectivity index (χ1v) is 8.89. The number of hydrogen-bond acceptors (Lipinski definition) is 5. The molecule has 128 valence electrons. The molecule has 0 aliphatic rings. The van der Waals surface area contributed by atoms with Gasteiger partial charge in [0.2, 0.25) is 5.95 Å². The van der Waals surface area contributed by atoms with Gasteiger partial charge in [0.05, 0.1) is 11.7 Å². The van der Waals surface area contributed by atoms with Crippen LogP contribution in [0.5, 0.6) is 0 Å². The van der Waals surface area contributed by atoms with E-state index >= 15 is 0 Å². The molecule has 0 radical (unpaired) electrons. The van der Waals surface area contributed by atoms with Crippen LogP contribution < -0.4 is 10.5 Å². The van der Waals surface area contributed by atoms with Crippen molar-refractivity contribution in [3.63, 3.8) is 0 Å². The molecule has 0 amide bonds. The SMILES string of the molecule is CC(Cc1cccs1)N(C)c1nc2c(cnn2C(C)(C)C)c(=O)[nH]1. The van der Waals surface area contributed by atoms with Crippen LogP contribution in [0.25, 0.3) is 11.0 Å². The van der Waals surface area contributed by atoms with Crippen LogP contribution in [0.3, 0.4) is 0 Å². The molecule has 3 aromatic rings. The Labute approximate surface area is 145 Å². The molecule has 0 saturated heterocycles. The fourth-order valence-electron chi connectivity index (χ4n) is 2.63. The van der Waals surface area contributed by atoms with Crippen molar-refractivity contribution in [3.05, 3.63) is 38.9 Å². The first kappa shape index (κ1) is 16.7. The maximum absolute atomic E-state index is 12.4. The van der Waals surface area contributed by atoms with Gasteiger partial charge in [0.1, 0.15) is 5.39 Å². The summed E-state index contributed by atoms with van der Waals surface area (Å²) in [4.78, 5) is 23.3. The Morgan fingerprint density at radius 2 is 2.17 bits per heavy atom. The average Bonchev–Trinajstić information content (AvgIpc) is 3.14. The maximum atomic E-state index is 12.4. The first-order valence-electron chi connectivity index (χ1n) is 8.01. The Morgan fingerprint density at radius 1 is 1.42 bits per heavy atom. The molecule has 3 aromatic heterocycles. The lowest BCUT2D eigenvalue weighted by Gasteiger charge is -2.25. The van der Waals surface area contributed by atoms with E-state index in [0.717, 1.165) is 6.42 Å². The lowest BCUT2D eigenvalue weighted by atomic mass is 10.1. The van der Waals surface area contributed by atoms with Crippen molar-refractivity contribution >= 4 is 28.3 Å². The molecule has 0 spiro atoms. The number of fused-ring (bicyclic) bond motifs is 1. The predicted molar refractivity (Wildman–Crippen MR) is 99.0 cm³/mol. The van der Waals surface area contributed by atoms with Gasteiger partial charge in [0, 0.05) is 24.4 Å². The summed E-state index contributed by atoms with van der Waals surface area (Å²) >= 11 is 1.74. The number of likely N-dealkylation sites (N-methyl/N-ethyl adjacent to an activating group) is 1. The van der Waals surface area contributed by atoms with Gasteiger partial charge in [-0.25, -0.2) is 4.68 Å². The minimum absolute atomic E-state index is 0.152. The highest BCUT2D eigenvalue weighted by Crippen LogP contribution is 2.21. The summed E-state index contributed by atoms with van der Waals surface area (Å²) in [7, 11) is 1.96. The number of hydrogen-bond donors (Lipinski definition) is 1. The van der Waals surface area contributed by atoms with Crippen molar-refractivity contribution in [2.45, 2.75) is 45.7 Å². The minimum atomic E-state index is -0.235. The molecule has 1 N–H and O–H groups in total. The number of nitrogens with one attached hydrogen (secondary N) is 1. The van der Waals surface area contributed by atoms with Crippen molar-refractivity contribution in [2.75, 3.05) is 11.9 Å². The van der Waals surface area contributed by atoms with E-state index in [2.05, 4.69) is 39.5 Å². The van der Waals surface area contributed by atoms with Crippen molar-refractivity contribution in [1.29, 1.82) is 0 Å². The maximum Gasteiger partial charge on any atom is 0.263 e. The molecule has 0 aliphatic heterocycles. The van der Waals surface area contributed by atoms with Crippen molar-refractivity contribution in [1.82, 2.24) is 19.7 Å². The van der Waals surface area contributed by atoms with E-state index in [0.29, 0.717) is 17.0 Å². The standard InChI is InChI=1S/C17H23N5OS/c1-11(9-12-7-6-8-24-12)21(5)16-19-14-13(15(23)20-16)10-18-22(14)17(2,3)4/h6-8,10-11H,9H2,1-5H3,(H,19,20,23).